The van der Waals surface area contributed by atoms with Gasteiger partial charge in [0.15, 0.2) is 0 Å². The van der Waals surface area contributed by atoms with Crippen LogP contribution >= 0.6 is 27.5 Å². The molecule has 0 atom stereocenters. The number of hydrogen-bond donors (Lipinski definition) is 1. The predicted octanol–water partition coefficient (Wildman–Crippen LogP) is 4.00. The molecule has 2 rings (SSSR count). The molecule has 1 aromatic rings. The summed E-state index contributed by atoms with van der Waals surface area (Å²) in [6.07, 6.45) is 3.08. The van der Waals surface area contributed by atoms with E-state index in [9.17, 15) is 9.50 Å². The lowest BCUT2D eigenvalue weighted by Crippen LogP contribution is -2.22. The first-order valence-electron chi connectivity index (χ1n) is 4.90. The Labute approximate surface area is 101 Å². The summed E-state index contributed by atoms with van der Waals surface area (Å²) in [6.45, 7) is 0. The van der Waals surface area contributed by atoms with E-state index in [1.165, 1.54) is 12.1 Å². The molecule has 0 saturated heterocycles. The maximum Gasteiger partial charge on any atom is 0.143 e. The number of hydrogen-bond acceptors (Lipinski definition) is 1. The summed E-state index contributed by atoms with van der Waals surface area (Å²) in [5.74, 6) is -0.399. The van der Waals surface area contributed by atoms with Crippen LogP contribution in [0.15, 0.2) is 16.6 Å². The van der Waals surface area contributed by atoms with Crippen LogP contribution in [0.4, 0.5) is 4.39 Å². The van der Waals surface area contributed by atoms with Gasteiger partial charge in [-0.2, -0.15) is 0 Å². The van der Waals surface area contributed by atoms with E-state index in [-0.39, 0.29) is 0 Å². The van der Waals surface area contributed by atoms with Crippen molar-refractivity contribution in [2.45, 2.75) is 31.3 Å². The zero-order valence-corrected chi connectivity index (χ0v) is 10.4. The van der Waals surface area contributed by atoms with Crippen molar-refractivity contribution < 1.29 is 9.50 Å². The molecular weight excluding hydrogens is 282 g/mol. The lowest BCUT2D eigenvalue weighted by molar-refractivity contribution is 0.0406. The largest absolute Gasteiger partial charge is 0.385 e. The van der Waals surface area contributed by atoms with Crippen molar-refractivity contribution in [1.82, 2.24) is 0 Å². The van der Waals surface area contributed by atoms with E-state index in [4.69, 9.17) is 11.6 Å². The summed E-state index contributed by atoms with van der Waals surface area (Å²) in [7, 11) is 0. The minimum atomic E-state index is -1.03. The van der Waals surface area contributed by atoms with Gasteiger partial charge >= 0.3 is 0 Å². The van der Waals surface area contributed by atoms with E-state index in [0.29, 0.717) is 27.9 Å². The lowest BCUT2D eigenvalue weighted by atomic mass is 9.92. The van der Waals surface area contributed by atoms with Crippen LogP contribution in [0, 0.1) is 5.82 Å². The minimum absolute atomic E-state index is 0.310. The molecule has 0 bridgehead atoms. The molecule has 1 aromatic carbocycles. The van der Waals surface area contributed by atoms with Crippen molar-refractivity contribution in [2.75, 3.05) is 0 Å². The van der Waals surface area contributed by atoms with Crippen molar-refractivity contribution in [3.8, 4) is 0 Å². The van der Waals surface area contributed by atoms with E-state index in [0.717, 1.165) is 12.8 Å². The Morgan fingerprint density at radius 1 is 1.33 bits per heavy atom. The second-order valence-corrected chi connectivity index (χ2v) is 5.28. The summed E-state index contributed by atoms with van der Waals surface area (Å²) in [5, 5.41) is 10.7. The van der Waals surface area contributed by atoms with Crippen LogP contribution in [0.5, 0.6) is 0 Å². The van der Waals surface area contributed by atoms with Gasteiger partial charge < -0.3 is 5.11 Å². The van der Waals surface area contributed by atoms with Gasteiger partial charge in [0.2, 0.25) is 0 Å². The highest BCUT2D eigenvalue weighted by Crippen LogP contribution is 2.41. The SMILES string of the molecule is OC1(c2cc(Cl)cc(Br)c2F)CCCC1. The zero-order valence-electron chi connectivity index (χ0n) is 8.06. The molecule has 1 N–H and O–H groups in total. The van der Waals surface area contributed by atoms with Gasteiger partial charge in [-0.15, -0.1) is 0 Å². The van der Waals surface area contributed by atoms with Crippen molar-refractivity contribution in [2.24, 2.45) is 0 Å². The maximum absolute atomic E-state index is 13.8. The fourth-order valence-corrected chi connectivity index (χ4v) is 2.93. The van der Waals surface area contributed by atoms with Gasteiger partial charge in [0.05, 0.1) is 10.1 Å². The second kappa shape index (κ2) is 4.04. The first-order valence-corrected chi connectivity index (χ1v) is 6.07. The number of benzene rings is 1. The second-order valence-electron chi connectivity index (χ2n) is 3.99. The Hall–Kier alpha value is -0.120. The smallest absolute Gasteiger partial charge is 0.143 e. The average Bonchev–Trinajstić information content (AvgIpc) is 2.59. The van der Waals surface area contributed by atoms with E-state index >= 15 is 0 Å². The monoisotopic (exact) mass is 292 g/mol. The third kappa shape index (κ3) is 2.05. The Bertz CT molecular complexity index is 388. The molecule has 0 heterocycles. The first-order chi connectivity index (χ1) is 7.03. The summed E-state index contributed by atoms with van der Waals surface area (Å²) in [4.78, 5) is 0. The molecule has 82 valence electrons. The summed E-state index contributed by atoms with van der Waals surface area (Å²) < 4.78 is 14.1. The fourth-order valence-electron chi connectivity index (χ4n) is 2.12. The molecule has 1 aliphatic carbocycles. The highest BCUT2D eigenvalue weighted by Gasteiger charge is 2.36. The molecule has 1 aliphatic rings. The van der Waals surface area contributed by atoms with Crippen LogP contribution in [0.2, 0.25) is 5.02 Å². The molecule has 0 aromatic heterocycles. The van der Waals surface area contributed by atoms with Gasteiger partial charge in [-0.05, 0) is 40.9 Å². The third-order valence-electron chi connectivity index (χ3n) is 2.93. The van der Waals surface area contributed by atoms with Crippen LogP contribution in [0.1, 0.15) is 31.2 Å². The molecule has 0 spiro atoms. The Morgan fingerprint density at radius 2 is 1.93 bits per heavy atom. The van der Waals surface area contributed by atoms with Crippen molar-refractivity contribution in [3.05, 3.63) is 33.0 Å². The Balaban J connectivity index is 2.51. The van der Waals surface area contributed by atoms with Crippen LogP contribution < -0.4 is 0 Å². The minimum Gasteiger partial charge on any atom is -0.385 e. The molecule has 4 heteroatoms. The zero-order chi connectivity index (χ0) is 11.1. The van der Waals surface area contributed by atoms with E-state index in [2.05, 4.69) is 15.9 Å². The van der Waals surface area contributed by atoms with Gasteiger partial charge in [-0.3, -0.25) is 0 Å². The summed E-state index contributed by atoms with van der Waals surface area (Å²) in [6, 6.07) is 3.02. The van der Waals surface area contributed by atoms with Gasteiger partial charge in [0.1, 0.15) is 5.82 Å². The molecule has 0 amide bonds. The standard InChI is InChI=1S/C11H11BrClFO/c12-9-6-7(13)5-8(10(9)14)11(15)3-1-2-4-11/h5-6,15H,1-4H2. The molecule has 0 unspecified atom stereocenters. The highest BCUT2D eigenvalue weighted by molar-refractivity contribution is 9.10. The van der Waals surface area contributed by atoms with Crippen molar-refractivity contribution >= 4 is 27.5 Å². The summed E-state index contributed by atoms with van der Waals surface area (Å²) in [5.41, 5.74) is -0.711. The van der Waals surface area contributed by atoms with Gasteiger partial charge in [0.25, 0.3) is 0 Å². The lowest BCUT2D eigenvalue weighted by Gasteiger charge is -2.23. The highest BCUT2D eigenvalue weighted by atomic mass is 79.9. The third-order valence-corrected chi connectivity index (χ3v) is 3.72. The Kier molecular flexibility index (Phi) is 3.06. The van der Waals surface area contributed by atoms with E-state index in [1.807, 2.05) is 0 Å². The molecule has 1 saturated carbocycles. The number of aliphatic hydroxyl groups is 1. The average molecular weight is 294 g/mol. The van der Waals surface area contributed by atoms with E-state index < -0.39 is 11.4 Å². The topological polar surface area (TPSA) is 20.2 Å². The molecule has 1 fully saturated rings. The van der Waals surface area contributed by atoms with E-state index in [1.54, 1.807) is 0 Å². The van der Waals surface area contributed by atoms with Crippen molar-refractivity contribution in [3.63, 3.8) is 0 Å². The van der Waals surface area contributed by atoms with Crippen molar-refractivity contribution in [1.29, 1.82) is 0 Å². The predicted molar refractivity (Wildman–Crippen MR) is 61.5 cm³/mol. The first kappa shape index (κ1) is 11.4. The van der Waals surface area contributed by atoms with Crippen LogP contribution in [-0.4, -0.2) is 5.11 Å². The molecule has 0 aliphatic heterocycles. The fraction of sp³-hybridized carbons (Fsp3) is 0.455. The van der Waals surface area contributed by atoms with Crippen LogP contribution in [-0.2, 0) is 5.60 Å². The molecule has 1 nitrogen and oxygen atoms in total. The molecule has 15 heavy (non-hydrogen) atoms. The number of halogens is 3. The van der Waals surface area contributed by atoms with Crippen LogP contribution in [0.25, 0.3) is 0 Å². The quantitative estimate of drug-likeness (QED) is 0.776. The summed E-state index contributed by atoms with van der Waals surface area (Å²) >= 11 is 8.95. The van der Waals surface area contributed by atoms with Crippen LogP contribution in [0.3, 0.4) is 0 Å². The Morgan fingerprint density at radius 3 is 2.53 bits per heavy atom. The molecular formula is C11H11BrClFO. The van der Waals surface area contributed by atoms with Gasteiger partial charge in [0, 0.05) is 10.6 Å². The van der Waals surface area contributed by atoms with Gasteiger partial charge in [-0.1, -0.05) is 24.4 Å². The maximum atomic E-state index is 13.8. The number of rotatable bonds is 1. The molecule has 0 radical (unpaired) electrons. The van der Waals surface area contributed by atoms with Gasteiger partial charge in [-0.25, -0.2) is 4.39 Å². The normalized spacial score (nSPS) is 19.5.